The van der Waals surface area contributed by atoms with Crippen molar-refractivity contribution in [3.05, 3.63) is 83.4 Å². The van der Waals surface area contributed by atoms with E-state index in [-0.39, 0.29) is 32.2 Å². The van der Waals surface area contributed by atoms with Crippen LogP contribution in [0.2, 0.25) is 0 Å². The van der Waals surface area contributed by atoms with Crippen LogP contribution in [0.4, 0.5) is 20.2 Å². The Morgan fingerprint density at radius 1 is 0.630 bits per heavy atom. The Morgan fingerprint density at radius 3 is 1.44 bits per heavy atom. The summed E-state index contributed by atoms with van der Waals surface area (Å²) in [6.07, 6.45) is 2.50. The van der Waals surface area contributed by atoms with Gasteiger partial charge >= 0.3 is 21.1 Å². The predicted octanol–water partition coefficient (Wildman–Crippen LogP) is 3.61. The van der Waals surface area contributed by atoms with Gasteiger partial charge in [-0.2, -0.15) is 0 Å². The Balaban J connectivity index is 0.00000261. The molecule has 0 aliphatic heterocycles. The van der Waals surface area contributed by atoms with E-state index in [1.165, 1.54) is 36.7 Å². The molecule has 138 valence electrons. The number of halogens is 2. The van der Waals surface area contributed by atoms with E-state index in [1.807, 2.05) is 0 Å². The standard InChI is InChI=1S/C20H14F2N2O2.Pt/c21-15-7-3-5-13(19(15)25)11-23-17-9-1-2-10-18(17)24-12-14-6-4-8-16(22)20(14)26;/h1-12,25-26H;/q;+2/p-2. The van der Waals surface area contributed by atoms with Gasteiger partial charge in [0.05, 0.1) is 11.4 Å². The third kappa shape index (κ3) is 4.86. The van der Waals surface area contributed by atoms with Gasteiger partial charge in [-0.1, -0.05) is 47.9 Å². The van der Waals surface area contributed by atoms with E-state index in [2.05, 4.69) is 9.98 Å². The number of hydrogen-bond acceptors (Lipinski definition) is 4. The van der Waals surface area contributed by atoms with Gasteiger partial charge in [-0.3, -0.25) is 9.98 Å². The average molecular weight is 545 g/mol. The van der Waals surface area contributed by atoms with Crippen molar-refractivity contribution in [2.75, 3.05) is 0 Å². The summed E-state index contributed by atoms with van der Waals surface area (Å²) in [5.41, 5.74) is 1.04. The minimum absolute atomic E-state index is 0. The van der Waals surface area contributed by atoms with E-state index >= 15 is 0 Å². The molecule has 0 aromatic heterocycles. The number of para-hydroxylation sites is 4. The summed E-state index contributed by atoms with van der Waals surface area (Å²) < 4.78 is 26.6. The number of nitrogens with zero attached hydrogens (tertiary/aromatic N) is 2. The van der Waals surface area contributed by atoms with Gasteiger partial charge in [0.2, 0.25) is 0 Å². The summed E-state index contributed by atoms with van der Waals surface area (Å²) in [6.45, 7) is 0. The zero-order chi connectivity index (χ0) is 18.5. The third-order valence-corrected chi connectivity index (χ3v) is 3.56. The first-order valence-corrected chi connectivity index (χ1v) is 7.64. The zero-order valence-corrected chi connectivity index (χ0v) is 16.0. The summed E-state index contributed by atoms with van der Waals surface area (Å²) in [7, 11) is 0. The number of benzene rings is 3. The third-order valence-electron chi connectivity index (χ3n) is 3.56. The summed E-state index contributed by atoms with van der Waals surface area (Å²) in [5.74, 6) is -3.19. The Labute approximate surface area is 168 Å². The molecule has 0 fully saturated rings. The zero-order valence-electron chi connectivity index (χ0n) is 13.7. The fourth-order valence-electron chi connectivity index (χ4n) is 2.22. The van der Waals surface area contributed by atoms with Crippen molar-refractivity contribution in [2.45, 2.75) is 0 Å². The second-order valence-electron chi connectivity index (χ2n) is 5.32. The normalized spacial score (nSPS) is 11.0. The Hall–Kier alpha value is -2.85. The maximum Gasteiger partial charge on any atom is 2.00 e. The van der Waals surface area contributed by atoms with E-state index in [0.717, 1.165) is 12.1 Å². The van der Waals surface area contributed by atoms with Gasteiger partial charge in [0, 0.05) is 12.4 Å². The van der Waals surface area contributed by atoms with Crippen molar-refractivity contribution < 1.29 is 40.1 Å². The van der Waals surface area contributed by atoms with Crippen molar-refractivity contribution in [1.29, 1.82) is 0 Å². The van der Waals surface area contributed by atoms with E-state index in [4.69, 9.17) is 0 Å². The van der Waals surface area contributed by atoms with Crippen LogP contribution in [0.15, 0.2) is 70.6 Å². The van der Waals surface area contributed by atoms with Gasteiger partial charge in [-0.05, 0) is 35.4 Å². The molecule has 4 nitrogen and oxygen atoms in total. The minimum atomic E-state index is -0.852. The van der Waals surface area contributed by atoms with Gasteiger partial charge < -0.3 is 10.2 Å². The predicted molar refractivity (Wildman–Crippen MR) is 92.6 cm³/mol. The first kappa shape index (κ1) is 20.5. The van der Waals surface area contributed by atoms with Gasteiger partial charge in [-0.15, -0.1) is 0 Å². The Kier molecular flexibility index (Phi) is 6.97. The Morgan fingerprint density at radius 2 is 1.04 bits per heavy atom. The largest absolute Gasteiger partial charge is 2.00 e. The summed E-state index contributed by atoms with van der Waals surface area (Å²) >= 11 is 0. The molecule has 0 saturated carbocycles. The molecule has 0 spiro atoms. The molecule has 7 heteroatoms. The van der Waals surface area contributed by atoms with Crippen molar-refractivity contribution in [2.24, 2.45) is 9.98 Å². The van der Waals surface area contributed by atoms with E-state index in [1.54, 1.807) is 24.3 Å². The molecule has 0 aliphatic rings. The van der Waals surface area contributed by atoms with E-state index in [9.17, 15) is 19.0 Å². The van der Waals surface area contributed by atoms with Crippen LogP contribution in [0.1, 0.15) is 11.1 Å². The topological polar surface area (TPSA) is 70.8 Å². The molecule has 3 aromatic carbocycles. The molecule has 0 unspecified atom stereocenters. The molecule has 0 saturated heterocycles. The maximum absolute atomic E-state index is 13.3. The van der Waals surface area contributed by atoms with Gasteiger partial charge in [0.25, 0.3) is 0 Å². The second kappa shape index (κ2) is 9.19. The molecule has 0 N–H and O–H groups in total. The number of rotatable bonds is 4. The van der Waals surface area contributed by atoms with Crippen molar-refractivity contribution in [1.82, 2.24) is 0 Å². The van der Waals surface area contributed by atoms with Crippen LogP contribution in [0.25, 0.3) is 0 Å². The molecule has 3 rings (SSSR count). The van der Waals surface area contributed by atoms with Crippen LogP contribution in [-0.4, -0.2) is 12.4 Å². The fraction of sp³-hybridized carbons (Fsp3) is 0. The first-order chi connectivity index (χ1) is 12.6. The van der Waals surface area contributed by atoms with Crippen LogP contribution in [0, 0.1) is 11.6 Å². The first-order valence-electron chi connectivity index (χ1n) is 7.64. The number of aliphatic imine (C=N–C) groups is 2. The monoisotopic (exact) mass is 545 g/mol. The minimum Gasteiger partial charge on any atom is -0.870 e. The smallest absolute Gasteiger partial charge is 0.870 e. The van der Waals surface area contributed by atoms with Gasteiger partial charge in [0.1, 0.15) is 11.6 Å². The molecular formula is C20H12F2N2O2Pt. The van der Waals surface area contributed by atoms with Crippen LogP contribution in [0.3, 0.4) is 0 Å². The van der Waals surface area contributed by atoms with E-state index < -0.39 is 23.1 Å². The summed E-state index contributed by atoms with van der Waals surface area (Å²) in [4.78, 5) is 8.35. The SMILES string of the molecule is [O-]c1c(F)cccc1C=Nc1ccccc1N=Cc1cccc(F)c1[O-].[Pt+2]. The van der Waals surface area contributed by atoms with Crippen molar-refractivity contribution >= 4 is 23.8 Å². The molecular weight excluding hydrogens is 533 g/mol. The maximum atomic E-state index is 13.3. The molecule has 3 aromatic rings. The second-order valence-corrected chi connectivity index (χ2v) is 5.32. The molecule has 27 heavy (non-hydrogen) atoms. The van der Waals surface area contributed by atoms with Crippen molar-refractivity contribution in [3.63, 3.8) is 0 Å². The molecule has 0 atom stereocenters. The quantitative estimate of drug-likeness (QED) is 0.471. The molecule has 0 radical (unpaired) electrons. The van der Waals surface area contributed by atoms with Crippen LogP contribution in [-0.2, 0) is 21.1 Å². The molecule has 0 bridgehead atoms. The Bertz CT molecular complexity index is 927. The summed E-state index contributed by atoms with van der Waals surface area (Å²) in [6, 6.07) is 14.6. The molecule has 0 amide bonds. The van der Waals surface area contributed by atoms with Crippen LogP contribution in [0.5, 0.6) is 11.5 Å². The van der Waals surface area contributed by atoms with Gasteiger partial charge in [0.15, 0.2) is 0 Å². The molecule has 0 aliphatic carbocycles. The summed E-state index contributed by atoms with van der Waals surface area (Å²) in [5, 5.41) is 23.4. The van der Waals surface area contributed by atoms with E-state index in [0.29, 0.717) is 11.4 Å². The average Bonchev–Trinajstić information content (AvgIpc) is 2.65. The van der Waals surface area contributed by atoms with Crippen LogP contribution >= 0.6 is 0 Å². The van der Waals surface area contributed by atoms with Crippen molar-refractivity contribution in [3.8, 4) is 11.5 Å². The van der Waals surface area contributed by atoms with Crippen LogP contribution < -0.4 is 10.2 Å². The molecule has 0 heterocycles. The number of hydrogen-bond donors (Lipinski definition) is 0. The van der Waals surface area contributed by atoms with Gasteiger partial charge in [-0.25, -0.2) is 8.78 Å². The fourth-order valence-corrected chi connectivity index (χ4v) is 2.22.